The van der Waals surface area contributed by atoms with Gasteiger partial charge in [-0.15, -0.1) is 0 Å². The van der Waals surface area contributed by atoms with E-state index < -0.39 is 10.0 Å². The fourth-order valence-electron chi connectivity index (χ4n) is 3.75. The maximum atomic E-state index is 12.9. The summed E-state index contributed by atoms with van der Waals surface area (Å²) >= 11 is 0. The first-order valence-corrected chi connectivity index (χ1v) is 11.1. The molecule has 6 heteroatoms. The van der Waals surface area contributed by atoms with E-state index in [2.05, 4.69) is 32.0 Å². The van der Waals surface area contributed by atoms with Gasteiger partial charge in [0.05, 0.1) is 4.90 Å². The molecule has 3 rings (SSSR count). The molecule has 5 nitrogen and oxygen atoms in total. The number of carbonyl (C=O) groups is 1. The van der Waals surface area contributed by atoms with Gasteiger partial charge in [0.15, 0.2) is 0 Å². The average Bonchev–Trinajstić information content (AvgIpc) is 2.70. The Bertz CT molecular complexity index is 934. The van der Waals surface area contributed by atoms with Crippen LogP contribution in [0.3, 0.4) is 0 Å². The summed E-state index contributed by atoms with van der Waals surface area (Å²) < 4.78 is 27.0. The average molecular weight is 401 g/mol. The van der Waals surface area contributed by atoms with Crippen molar-refractivity contribution in [3.05, 3.63) is 65.2 Å². The van der Waals surface area contributed by atoms with Crippen LogP contribution in [0.2, 0.25) is 0 Å². The number of nitrogens with zero attached hydrogens (tertiary/aromatic N) is 2. The SMILES string of the molecule is Cc1ccc(CN(C)C(=O)C2CCN(S(=O)(=O)c3ccccc3)CC2)c(C)c1. The lowest BCUT2D eigenvalue weighted by Gasteiger charge is -2.32. The molecule has 0 aromatic heterocycles. The van der Waals surface area contributed by atoms with Gasteiger partial charge in [0.2, 0.25) is 15.9 Å². The van der Waals surface area contributed by atoms with Crippen LogP contribution in [0.5, 0.6) is 0 Å². The molecule has 1 heterocycles. The van der Waals surface area contributed by atoms with E-state index in [1.165, 1.54) is 15.4 Å². The van der Waals surface area contributed by atoms with E-state index in [4.69, 9.17) is 0 Å². The minimum atomic E-state index is -3.48. The molecule has 0 bridgehead atoms. The standard InChI is InChI=1S/C22H28N2O3S/c1-17-9-10-20(18(2)15-17)16-23(3)22(25)19-11-13-24(14-12-19)28(26,27)21-7-5-4-6-8-21/h4-10,15,19H,11-14,16H2,1-3H3. The number of amides is 1. The third kappa shape index (κ3) is 4.45. The van der Waals surface area contributed by atoms with Crippen LogP contribution in [0.4, 0.5) is 0 Å². The molecular formula is C22H28N2O3S. The van der Waals surface area contributed by atoms with E-state index in [1.807, 2.05) is 7.05 Å². The first-order chi connectivity index (χ1) is 13.3. The summed E-state index contributed by atoms with van der Waals surface area (Å²) in [6.07, 6.45) is 1.12. The van der Waals surface area contributed by atoms with Crippen molar-refractivity contribution in [3.63, 3.8) is 0 Å². The lowest BCUT2D eigenvalue weighted by atomic mass is 9.96. The van der Waals surface area contributed by atoms with E-state index >= 15 is 0 Å². The van der Waals surface area contributed by atoms with Gasteiger partial charge in [-0.1, -0.05) is 42.0 Å². The maximum absolute atomic E-state index is 12.9. The van der Waals surface area contributed by atoms with Crippen molar-refractivity contribution in [2.75, 3.05) is 20.1 Å². The largest absolute Gasteiger partial charge is 0.341 e. The summed E-state index contributed by atoms with van der Waals surface area (Å²) in [4.78, 5) is 14.9. The second-order valence-corrected chi connectivity index (χ2v) is 9.55. The van der Waals surface area contributed by atoms with Gasteiger partial charge in [-0.25, -0.2) is 8.42 Å². The molecule has 0 radical (unpaired) electrons. The van der Waals surface area contributed by atoms with Gasteiger partial charge in [0.25, 0.3) is 0 Å². The number of sulfonamides is 1. The zero-order valence-corrected chi connectivity index (χ0v) is 17.6. The number of piperidine rings is 1. The smallest absolute Gasteiger partial charge is 0.243 e. The molecule has 0 saturated carbocycles. The predicted octanol–water partition coefficient (Wildman–Crippen LogP) is 3.36. The minimum absolute atomic E-state index is 0.0942. The zero-order chi connectivity index (χ0) is 20.3. The second-order valence-electron chi connectivity index (χ2n) is 7.62. The van der Waals surface area contributed by atoms with Crippen LogP contribution in [-0.2, 0) is 21.4 Å². The number of hydrogen-bond acceptors (Lipinski definition) is 3. The van der Waals surface area contributed by atoms with E-state index in [1.54, 1.807) is 35.2 Å². The maximum Gasteiger partial charge on any atom is 0.243 e. The Morgan fingerprint density at radius 2 is 1.71 bits per heavy atom. The minimum Gasteiger partial charge on any atom is -0.341 e. The number of aryl methyl sites for hydroxylation is 2. The van der Waals surface area contributed by atoms with Crippen LogP contribution in [0.1, 0.15) is 29.5 Å². The fourth-order valence-corrected chi connectivity index (χ4v) is 5.24. The van der Waals surface area contributed by atoms with E-state index in [9.17, 15) is 13.2 Å². The normalized spacial score (nSPS) is 16.1. The Morgan fingerprint density at radius 3 is 2.32 bits per heavy atom. The van der Waals surface area contributed by atoms with E-state index in [0.29, 0.717) is 37.4 Å². The number of rotatable bonds is 5. The van der Waals surface area contributed by atoms with E-state index in [-0.39, 0.29) is 11.8 Å². The molecule has 0 atom stereocenters. The molecule has 1 amide bonds. The van der Waals surface area contributed by atoms with Crippen LogP contribution >= 0.6 is 0 Å². The highest BCUT2D eigenvalue weighted by Crippen LogP contribution is 2.25. The Morgan fingerprint density at radius 1 is 1.07 bits per heavy atom. The van der Waals surface area contributed by atoms with Crippen molar-refractivity contribution in [3.8, 4) is 0 Å². The Kier molecular flexibility index (Phi) is 6.20. The number of benzene rings is 2. The lowest BCUT2D eigenvalue weighted by Crippen LogP contribution is -2.43. The van der Waals surface area contributed by atoms with Gasteiger partial charge in [-0.05, 0) is 49.9 Å². The van der Waals surface area contributed by atoms with Crippen LogP contribution in [0.25, 0.3) is 0 Å². The molecule has 1 fully saturated rings. The molecule has 150 valence electrons. The third-order valence-corrected chi connectivity index (χ3v) is 7.38. The molecule has 1 saturated heterocycles. The second kappa shape index (κ2) is 8.45. The van der Waals surface area contributed by atoms with Crippen LogP contribution in [0, 0.1) is 19.8 Å². The molecule has 0 N–H and O–H groups in total. The van der Waals surface area contributed by atoms with Crippen molar-refractivity contribution < 1.29 is 13.2 Å². The lowest BCUT2D eigenvalue weighted by molar-refractivity contribution is -0.135. The van der Waals surface area contributed by atoms with Gasteiger partial charge in [-0.2, -0.15) is 4.31 Å². The van der Waals surface area contributed by atoms with Crippen molar-refractivity contribution in [2.24, 2.45) is 5.92 Å². The Labute approximate surface area is 168 Å². The first kappa shape index (κ1) is 20.6. The molecule has 0 spiro atoms. The first-order valence-electron chi connectivity index (χ1n) is 9.65. The number of carbonyl (C=O) groups excluding carboxylic acids is 1. The van der Waals surface area contributed by atoms with Gasteiger partial charge in [0.1, 0.15) is 0 Å². The molecular weight excluding hydrogens is 372 g/mol. The van der Waals surface area contributed by atoms with E-state index in [0.717, 1.165) is 5.56 Å². The third-order valence-electron chi connectivity index (χ3n) is 5.47. The molecule has 0 aliphatic carbocycles. The highest BCUT2D eigenvalue weighted by atomic mass is 32.2. The monoisotopic (exact) mass is 400 g/mol. The quantitative estimate of drug-likeness (QED) is 0.773. The summed E-state index contributed by atoms with van der Waals surface area (Å²) in [6.45, 7) is 5.46. The van der Waals surface area contributed by atoms with Crippen LogP contribution < -0.4 is 0 Å². The molecule has 1 aliphatic heterocycles. The fraction of sp³-hybridized carbons (Fsp3) is 0.409. The van der Waals surface area contributed by atoms with Crippen molar-refractivity contribution in [1.82, 2.24) is 9.21 Å². The highest BCUT2D eigenvalue weighted by molar-refractivity contribution is 7.89. The summed E-state index contributed by atoms with van der Waals surface area (Å²) in [5.74, 6) is -0.0327. The van der Waals surface area contributed by atoms with Crippen molar-refractivity contribution in [1.29, 1.82) is 0 Å². The molecule has 2 aromatic rings. The van der Waals surface area contributed by atoms with Crippen LogP contribution in [0.15, 0.2) is 53.4 Å². The summed E-state index contributed by atoms with van der Waals surface area (Å²) in [5, 5.41) is 0. The molecule has 2 aromatic carbocycles. The zero-order valence-electron chi connectivity index (χ0n) is 16.8. The summed E-state index contributed by atoms with van der Waals surface area (Å²) in [5.41, 5.74) is 3.54. The van der Waals surface area contributed by atoms with Crippen molar-refractivity contribution >= 4 is 15.9 Å². The number of hydrogen-bond donors (Lipinski definition) is 0. The Balaban J connectivity index is 1.60. The van der Waals surface area contributed by atoms with Crippen molar-refractivity contribution in [2.45, 2.75) is 38.1 Å². The topological polar surface area (TPSA) is 57.7 Å². The Hall–Kier alpha value is -2.18. The molecule has 0 unspecified atom stereocenters. The van der Waals surface area contributed by atoms with Gasteiger partial charge in [0, 0.05) is 32.6 Å². The van der Waals surface area contributed by atoms with Gasteiger partial charge < -0.3 is 4.90 Å². The predicted molar refractivity (Wildman–Crippen MR) is 110 cm³/mol. The molecule has 28 heavy (non-hydrogen) atoms. The summed E-state index contributed by atoms with van der Waals surface area (Å²) in [7, 11) is -1.65. The molecule has 1 aliphatic rings. The van der Waals surface area contributed by atoms with Gasteiger partial charge >= 0.3 is 0 Å². The van der Waals surface area contributed by atoms with Gasteiger partial charge in [-0.3, -0.25) is 4.79 Å². The highest BCUT2D eigenvalue weighted by Gasteiger charge is 2.33. The summed E-state index contributed by atoms with van der Waals surface area (Å²) in [6, 6.07) is 14.7. The van der Waals surface area contributed by atoms with Crippen LogP contribution in [-0.4, -0.2) is 43.7 Å².